The molecule has 1 aliphatic rings. The molecule has 0 bridgehead atoms. The molecule has 2 heterocycles. The maximum absolute atomic E-state index is 10.2. The van der Waals surface area contributed by atoms with Gasteiger partial charge in [-0.2, -0.15) is 0 Å². The average Bonchev–Trinajstić information content (AvgIpc) is 2.47. The van der Waals surface area contributed by atoms with Gasteiger partial charge in [0.2, 0.25) is 0 Å². The molecule has 0 amide bonds. The SMILES string of the molecule is Br.Br.CN(C)C1=NC(c2ccccn2)c2c(O)cccc2C1. The number of aromatic nitrogens is 1. The van der Waals surface area contributed by atoms with Crippen LogP contribution in [0.3, 0.4) is 0 Å². The third-order valence-electron chi connectivity index (χ3n) is 3.56. The third kappa shape index (κ3) is 3.50. The Morgan fingerprint density at radius 2 is 1.86 bits per heavy atom. The lowest BCUT2D eigenvalue weighted by Crippen LogP contribution is -2.29. The number of pyridine rings is 1. The summed E-state index contributed by atoms with van der Waals surface area (Å²) in [7, 11) is 3.98. The Morgan fingerprint density at radius 1 is 1.09 bits per heavy atom. The number of fused-ring (bicyclic) bond motifs is 1. The molecule has 3 rings (SSSR count). The van der Waals surface area contributed by atoms with Crippen LogP contribution in [-0.4, -0.2) is 34.9 Å². The minimum absolute atomic E-state index is 0. The van der Waals surface area contributed by atoms with Gasteiger partial charge >= 0.3 is 0 Å². The van der Waals surface area contributed by atoms with Crippen LogP contribution in [0.2, 0.25) is 0 Å². The molecule has 0 aliphatic carbocycles. The van der Waals surface area contributed by atoms with Gasteiger partial charge in [-0.1, -0.05) is 18.2 Å². The summed E-state index contributed by atoms with van der Waals surface area (Å²) < 4.78 is 0. The van der Waals surface area contributed by atoms with E-state index < -0.39 is 0 Å². The van der Waals surface area contributed by atoms with Gasteiger partial charge in [-0.05, 0) is 23.8 Å². The van der Waals surface area contributed by atoms with E-state index in [1.807, 2.05) is 49.3 Å². The largest absolute Gasteiger partial charge is 0.508 e. The topological polar surface area (TPSA) is 48.7 Å². The van der Waals surface area contributed by atoms with Gasteiger partial charge in [0, 0.05) is 32.3 Å². The summed E-state index contributed by atoms with van der Waals surface area (Å²) in [6, 6.07) is 11.2. The van der Waals surface area contributed by atoms with Crippen LogP contribution < -0.4 is 0 Å². The lowest BCUT2D eigenvalue weighted by Gasteiger charge is -2.27. The van der Waals surface area contributed by atoms with Crippen LogP contribution in [0, 0.1) is 0 Å². The Hall–Kier alpha value is -1.40. The molecule has 0 saturated carbocycles. The number of nitrogens with zero attached hydrogens (tertiary/aromatic N) is 3. The minimum atomic E-state index is -0.237. The fourth-order valence-electron chi connectivity index (χ4n) is 2.52. The Morgan fingerprint density at radius 3 is 2.50 bits per heavy atom. The van der Waals surface area contributed by atoms with Gasteiger partial charge in [0.1, 0.15) is 17.6 Å². The first-order valence-corrected chi connectivity index (χ1v) is 6.62. The van der Waals surface area contributed by atoms with Crippen molar-refractivity contribution in [3.8, 4) is 5.75 Å². The Kier molecular flexibility index (Phi) is 6.56. The number of halogens is 2. The number of phenols is 1. The number of phenolic OH excluding ortho intramolecular Hbond substituents is 1. The molecule has 2 aromatic rings. The van der Waals surface area contributed by atoms with Crippen LogP contribution in [0.4, 0.5) is 0 Å². The number of aliphatic imine (C=N–C) groups is 1. The van der Waals surface area contributed by atoms with E-state index in [1.165, 1.54) is 0 Å². The highest BCUT2D eigenvalue weighted by molar-refractivity contribution is 8.93. The quantitative estimate of drug-likeness (QED) is 0.755. The Balaban J connectivity index is 0.00000121. The number of benzene rings is 1. The molecule has 1 aliphatic heterocycles. The summed E-state index contributed by atoms with van der Waals surface area (Å²) in [5.74, 6) is 1.29. The van der Waals surface area contributed by atoms with Crippen molar-refractivity contribution in [3.63, 3.8) is 0 Å². The maximum atomic E-state index is 10.2. The van der Waals surface area contributed by atoms with Crippen molar-refractivity contribution in [2.45, 2.75) is 12.5 Å². The van der Waals surface area contributed by atoms with Crippen LogP contribution >= 0.6 is 34.0 Å². The van der Waals surface area contributed by atoms with Gasteiger partial charge in [-0.3, -0.25) is 9.98 Å². The molecule has 118 valence electrons. The lowest BCUT2D eigenvalue weighted by atomic mass is 9.92. The second-order valence-corrected chi connectivity index (χ2v) is 5.12. The van der Waals surface area contributed by atoms with Crippen molar-refractivity contribution >= 4 is 39.8 Å². The molecular weight excluding hydrogens is 410 g/mol. The summed E-state index contributed by atoms with van der Waals surface area (Å²) >= 11 is 0. The monoisotopic (exact) mass is 427 g/mol. The molecule has 1 aromatic heterocycles. The summed E-state index contributed by atoms with van der Waals surface area (Å²) in [6.45, 7) is 0. The number of likely N-dealkylation sites (N-methyl/N-ethyl adjacent to an activating group) is 1. The van der Waals surface area contributed by atoms with E-state index in [0.29, 0.717) is 5.75 Å². The van der Waals surface area contributed by atoms with Gasteiger partial charge in [0.05, 0.1) is 5.69 Å². The first kappa shape index (κ1) is 18.6. The van der Waals surface area contributed by atoms with E-state index in [4.69, 9.17) is 4.99 Å². The van der Waals surface area contributed by atoms with Crippen molar-refractivity contribution in [2.24, 2.45) is 4.99 Å². The first-order chi connectivity index (χ1) is 9.66. The first-order valence-electron chi connectivity index (χ1n) is 6.62. The molecule has 4 nitrogen and oxygen atoms in total. The number of rotatable bonds is 1. The third-order valence-corrected chi connectivity index (χ3v) is 3.56. The molecule has 1 aromatic carbocycles. The molecule has 0 fully saturated rings. The van der Waals surface area contributed by atoms with E-state index in [-0.39, 0.29) is 40.0 Å². The maximum Gasteiger partial charge on any atom is 0.123 e. The van der Waals surface area contributed by atoms with E-state index in [0.717, 1.165) is 29.1 Å². The molecular formula is C16H19Br2N3O. The standard InChI is InChI=1S/C16H17N3O.2BrH/c1-19(2)14-10-11-6-5-8-13(20)15(11)16(18-14)12-7-3-4-9-17-12;;/h3-9,16,20H,10H2,1-2H3;2*1H. The summed E-state index contributed by atoms with van der Waals surface area (Å²) in [5, 5.41) is 10.2. The molecule has 0 spiro atoms. The normalized spacial score (nSPS) is 15.7. The number of amidine groups is 1. The lowest BCUT2D eigenvalue weighted by molar-refractivity contribution is 0.461. The van der Waals surface area contributed by atoms with Crippen LogP contribution in [0.5, 0.6) is 5.75 Å². The fraction of sp³-hybridized carbons (Fsp3) is 0.250. The summed E-state index contributed by atoms with van der Waals surface area (Å²) in [4.78, 5) is 11.2. The predicted octanol–water partition coefficient (Wildman–Crippen LogP) is 3.55. The second-order valence-electron chi connectivity index (χ2n) is 5.12. The van der Waals surface area contributed by atoms with Gasteiger partial charge in [0.15, 0.2) is 0 Å². The molecule has 1 N–H and O–H groups in total. The highest BCUT2D eigenvalue weighted by atomic mass is 79.9. The smallest absolute Gasteiger partial charge is 0.123 e. The van der Waals surface area contributed by atoms with E-state index in [9.17, 15) is 5.11 Å². The van der Waals surface area contributed by atoms with Crippen LogP contribution in [0.25, 0.3) is 0 Å². The van der Waals surface area contributed by atoms with E-state index in [2.05, 4.69) is 4.98 Å². The van der Waals surface area contributed by atoms with Crippen LogP contribution in [-0.2, 0) is 6.42 Å². The fourth-order valence-corrected chi connectivity index (χ4v) is 2.52. The van der Waals surface area contributed by atoms with Gasteiger partial charge in [-0.25, -0.2) is 0 Å². The number of hydrogen-bond acceptors (Lipinski definition) is 4. The van der Waals surface area contributed by atoms with E-state index in [1.54, 1.807) is 12.3 Å². The molecule has 0 radical (unpaired) electrons. The zero-order valence-electron chi connectivity index (χ0n) is 12.4. The van der Waals surface area contributed by atoms with Gasteiger partial charge in [-0.15, -0.1) is 34.0 Å². The molecule has 6 heteroatoms. The zero-order valence-corrected chi connectivity index (χ0v) is 15.9. The molecule has 1 atom stereocenters. The van der Waals surface area contributed by atoms with Crippen molar-refractivity contribution < 1.29 is 5.11 Å². The minimum Gasteiger partial charge on any atom is -0.508 e. The molecule has 22 heavy (non-hydrogen) atoms. The van der Waals surface area contributed by atoms with Crippen LogP contribution in [0.1, 0.15) is 22.9 Å². The van der Waals surface area contributed by atoms with Crippen molar-refractivity contribution in [2.75, 3.05) is 14.1 Å². The summed E-state index contributed by atoms with van der Waals surface area (Å²) in [5.41, 5.74) is 2.84. The number of hydrogen-bond donors (Lipinski definition) is 1. The highest BCUT2D eigenvalue weighted by Gasteiger charge is 2.27. The average molecular weight is 429 g/mol. The zero-order chi connectivity index (χ0) is 14.1. The van der Waals surface area contributed by atoms with Gasteiger partial charge in [0.25, 0.3) is 0 Å². The second kappa shape index (κ2) is 7.74. The summed E-state index contributed by atoms with van der Waals surface area (Å²) in [6.07, 6.45) is 2.49. The highest BCUT2D eigenvalue weighted by Crippen LogP contribution is 2.37. The Labute approximate surface area is 151 Å². The van der Waals surface area contributed by atoms with Crippen molar-refractivity contribution in [1.29, 1.82) is 0 Å². The number of aromatic hydroxyl groups is 1. The van der Waals surface area contributed by atoms with Crippen molar-refractivity contribution in [3.05, 3.63) is 59.4 Å². The van der Waals surface area contributed by atoms with Gasteiger partial charge < -0.3 is 10.0 Å². The molecule has 0 saturated heterocycles. The predicted molar refractivity (Wildman–Crippen MR) is 99.7 cm³/mol. The van der Waals surface area contributed by atoms with E-state index >= 15 is 0 Å². The molecule has 1 unspecified atom stereocenters. The van der Waals surface area contributed by atoms with Crippen LogP contribution in [0.15, 0.2) is 47.6 Å². The van der Waals surface area contributed by atoms with Crippen molar-refractivity contribution in [1.82, 2.24) is 9.88 Å². The Bertz CT molecular complexity index is 660.